The summed E-state index contributed by atoms with van der Waals surface area (Å²) in [5.41, 5.74) is 5.82. The molecule has 90 valence electrons. The van der Waals surface area contributed by atoms with Crippen molar-refractivity contribution in [3.8, 4) is 0 Å². The van der Waals surface area contributed by atoms with E-state index in [1.807, 2.05) is 0 Å². The van der Waals surface area contributed by atoms with E-state index in [2.05, 4.69) is 25.7 Å². The van der Waals surface area contributed by atoms with Crippen LogP contribution in [0.1, 0.15) is 40.0 Å². The Morgan fingerprint density at radius 1 is 1.33 bits per heavy atom. The normalized spacial score (nSPS) is 30.4. The lowest BCUT2D eigenvalue weighted by atomic mass is 9.83. The highest BCUT2D eigenvalue weighted by atomic mass is 15.1. The van der Waals surface area contributed by atoms with Crippen LogP contribution in [0, 0.1) is 17.8 Å². The number of nitrogens with two attached hydrogens (primary N) is 1. The van der Waals surface area contributed by atoms with Crippen molar-refractivity contribution in [3.63, 3.8) is 0 Å². The van der Waals surface area contributed by atoms with Gasteiger partial charge in [-0.2, -0.15) is 0 Å². The molecule has 0 aromatic rings. The largest absolute Gasteiger partial charge is 0.330 e. The maximum absolute atomic E-state index is 5.82. The van der Waals surface area contributed by atoms with E-state index in [1.54, 1.807) is 0 Å². The third-order valence-corrected chi connectivity index (χ3v) is 4.07. The predicted molar refractivity (Wildman–Crippen MR) is 66.8 cm³/mol. The Morgan fingerprint density at radius 3 is 2.60 bits per heavy atom. The smallest absolute Gasteiger partial charge is 0.00128 e. The summed E-state index contributed by atoms with van der Waals surface area (Å²) in [5, 5.41) is 0. The molecule has 0 spiro atoms. The molecule has 2 N–H and O–H groups in total. The van der Waals surface area contributed by atoms with Crippen molar-refractivity contribution in [2.24, 2.45) is 23.5 Å². The quantitative estimate of drug-likeness (QED) is 0.758. The van der Waals surface area contributed by atoms with Crippen LogP contribution in [-0.2, 0) is 0 Å². The van der Waals surface area contributed by atoms with Crippen LogP contribution in [0.25, 0.3) is 0 Å². The average Bonchev–Trinajstić information content (AvgIpc) is 2.28. The summed E-state index contributed by atoms with van der Waals surface area (Å²) >= 11 is 0. The van der Waals surface area contributed by atoms with Gasteiger partial charge in [-0.1, -0.05) is 33.6 Å². The van der Waals surface area contributed by atoms with Gasteiger partial charge in [0.1, 0.15) is 0 Å². The first-order chi connectivity index (χ1) is 7.21. The fourth-order valence-corrected chi connectivity index (χ4v) is 2.66. The average molecular weight is 212 g/mol. The van der Waals surface area contributed by atoms with Gasteiger partial charge in [0, 0.05) is 13.1 Å². The lowest BCUT2D eigenvalue weighted by molar-refractivity contribution is 0.106. The van der Waals surface area contributed by atoms with Crippen LogP contribution in [-0.4, -0.2) is 31.1 Å². The third-order valence-electron chi connectivity index (χ3n) is 4.07. The summed E-state index contributed by atoms with van der Waals surface area (Å²) < 4.78 is 0. The molecule has 1 heterocycles. The Morgan fingerprint density at radius 2 is 2.07 bits per heavy atom. The highest BCUT2D eigenvalue weighted by Crippen LogP contribution is 2.25. The molecule has 1 fully saturated rings. The molecule has 1 aliphatic heterocycles. The van der Waals surface area contributed by atoms with E-state index in [0.29, 0.717) is 0 Å². The molecule has 1 aliphatic rings. The molecule has 1 saturated heterocycles. The Hall–Kier alpha value is -0.0800. The van der Waals surface area contributed by atoms with Gasteiger partial charge in [0.05, 0.1) is 0 Å². The van der Waals surface area contributed by atoms with Crippen molar-refractivity contribution in [2.45, 2.75) is 40.0 Å². The van der Waals surface area contributed by atoms with Crippen molar-refractivity contribution < 1.29 is 0 Å². The summed E-state index contributed by atoms with van der Waals surface area (Å²) in [5.74, 6) is 2.47. The van der Waals surface area contributed by atoms with Crippen molar-refractivity contribution in [1.29, 1.82) is 0 Å². The van der Waals surface area contributed by atoms with Crippen molar-refractivity contribution >= 4 is 0 Å². The summed E-state index contributed by atoms with van der Waals surface area (Å²) in [6, 6.07) is 0. The maximum Gasteiger partial charge on any atom is 0.00128 e. The molecule has 0 aliphatic carbocycles. The van der Waals surface area contributed by atoms with Gasteiger partial charge >= 0.3 is 0 Å². The number of rotatable bonds is 5. The van der Waals surface area contributed by atoms with Crippen LogP contribution in [0.5, 0.6) is 0 Å². The first-order valence-electron chi connectivity index (χ1n) is 6.63. The molecule has 2 nitrogen and oxygen atoms in total. The number of likely N-dealkylation sites (tertiary alicyclic amines) is 1. The summed E-state index contributed by atoms with van der Waals surface area (Å²) in [6.07, 6.45) is 3.90. The second-order valence-electron chi connectivity index (χ2n) is 5.23. The van der Waals surface area contributed by atoms with Gasteiger partial charge in [-0.3, -0.25) is 0 Å². The minimum Gasteiger partial charge on any atom is -0.330 e. The second-order valence-corrected chi connectivity index (χ2v) is 5.23. The third kappa shape index (κ3) is 3.76. The van der Waals surface area contributed by atoms with Crippen LogP contribution in [0.15, 0.2) is 0 Å². The fraction of sp³-hybridized carbons (Fsp3) is 1.00. The number of piperidine rings is 1. The lowest BCUT2D eigenvalue weighted by Crippen LogP contribution is -2.44. The molecule has 3 atom stereocenters. The molecule has 2 heteroatoms. The zero-order valence-electron chi connectivity index (χ0n) is 10.7. The van der Waals surface area contributed by atoms with Gasteiger partial charge in [0.2, 0.25) is 0 Å². The molecule has 15 heavy (non-hydrogen) atoms. The first-order valence-corrected chi connectivity index (χ1v) is 6.63. The minimum absolute atomic E-state index is 0.781. The van der Waals surface area contributed by atoms with E-state index in [4.69, 9.17) is 5.73 Å². The van der Waals surface area contributed by atoms with Crippen molar-refractivity contribution in [1.82, 2.24) is 4.90 Å². The molecular formula is C13H28N2. The van der Waals surface area contributed by atoms with Crippen molar-refractivity contribution in [3.05, 3.63) is 0 Å². The van der Waals surface area contributed by atoms with E-state index in [9.17, 15) is 0 Å². The van der Waals surface area contributed by atoms with Gasteiger partial charge < -0.3 is 10.6 Å². The first kappa shape index (κ1) is 13.0. The number of nitrogens with zero attached hydrogens (tertiary/aromatic N) is 1. The molecule has 0 bridgehead atoms. The van der Waals surface area contributed by atoms with Crippen LogP contribution in [0.4, 0.5) is 0 Å². The maximum atomic E-state index is 5.82. The molecule has 3 unspecified atom stereocenters. The van der Waals surface area contributed by atoms with E-state index < -0.39 is 0 Å². The van der Waals surface area contributed by atoms with E-state index in [0.717, 1.165) is 24.3 Å². The van der Waals surface area contributed by atoms with Gasteiger partial charge in [-0.05, 0) is 37.3 Å². The molecular weight excluding hydrogens is 184 g/mol. The molecule has 1 rings (SSSR count). The molecule has 0 aromatic carbocycles. The topological polar surface area (TPSA) is 29.3 Å². The highest BCUT2D eigenvalue weighted by Gasteiger charge is 2.27. The standard InChI is InChI=1S/C13H28N2/c1-4-11(3)9-15-7-6-13(8-14)12(5-2)10-15/h11-13H,4-10,14H2,1-3H3. The molecule has 0 aromatic heterocycles. The lowest BCUT2D eigenvalue weighted by Gasteiger charge is -2.38. The summed E-state index contributed by atoms with van der Waals surface area (Å²) in [7, 11) is 0. The van der Waals surface area contributed by atoms with E-state index >= 15 is 0 Å². The number of hydrogen-bond donors (Lipinski definition) is 1. The SMILES string of the molecule is CCC(C)CN1CCC(CN)C(CC)C1. The summed E-state index contributed by atoms with van der Waals surface area (Å²) in [6.45, 7) is 11.7. The van der Waals surface area contributed by atoms with E-state index in [1.165, 1.54) is 38.9 Å². The van der Waals surface area contributed by atoms with Crippen LogP contribution in [0.3, 0.4) is 0 Å². The van der Waals surface area contributed by atoms with Crippen LogP contribution < -0.4 is 5.73 Å². The Balaban J connectivity index is 2.38. The fourth-order valence-electron chi connectivity index (χ4n) is 2.66. The molecule has 0 radical (unpaired) electrons. The zero-order valence-corrected chi connectivity index (χ0v) is 10.7. The van der Waals surface area contributed by atoms with Crippen LogP contribution >= 0.6 is 0 Å². The van der Waals surface area contributed by atoms with Gasteiger partial charge in [0.25, 0.3) is 0 Å². The molecule has 0 amide bonds. The zero-order chi connectivity index (χ0) is 11.3. The number of hydrogen-bond acceptors (Lipinski definition) is 2. The van der Waals surface area contributed by atoms with Gasteiger partial charge in [-0.15, -0.1) is 0 Å². The van der Waals surface area contributed by atoms with E-state index in [-0.39, 0.29) is 0 Å². The van der Waals surface area contributed by atoms with Gasteiger partial charge in [0.15, 0.2) is 0 Å². The summed E-state index contributed by atoms with van der Waals surface area (Å²) in [4.78, 5) is 2.65. The van der Waals surface area contributed by atoms with Crippen LogP contribution in [0.2, 0.25) is 0 Å². The monoisotopic (exact) mass is 212 g/mol. The minimum atomic E-state index is 0.781. The predicted octanol–water partition coefficient (Wildman–Crippen LogP) is 2.34. The Labute approximate surface area is 95.2 Å². The second kappa shape index (κ2) is 6.49. The molecule has 0 saturated carbocycles. The Kier molecular flexibility index (Phi) is 5.62. The van der Waals surface area contributed by atoms with Crippen molar-refractivity contribution in [2.75, 3.05) is 26.2 Å². The Bertz CT molecular complexity index is 170. The van der Waals surface area contributed by atoms with Gasteiger partial charge in [-0.25, -0.2) is 0 Å². The highest BCUT2D eigenvalue weighted by molar-refractivity contribution is 4.80.